The van der Waals surface area contributed by atoms with E-state index in [0.717, 1.165) is 5.56 Å². The Balaban J connectivity index is 1.92. The summed E-state index contributed by atoms with van der Waals surface area (Å²) in [7, 11) is -3.36. The third-order valence-electron chi connectivity index (χ3n) is 3.31. The number of nitrogens with one attached hydrogen (secondary N) is 2. The molecule has 0 bridgehead atoms. The Morgan fingerprint density at radius 3 is 2.20 bits per heavy atom. The molecule has 1 aromatic carbocycles. The van der Waals surface area contributed by atoms with Crippen LogP contribution in [0.15, 0.2) is 48.8 Å². The smallest absolute Gasteiger partial charge is 0.252 e. The van der Waals surface area contributed by atoms with Gasteiger partial charge in [0, 0.05) is 24.7 Å². The molecule has 0 unspecified atom stereocenters. The van der Waals surface area contributed by atoms with Crippen molar-refractivity contribution >= 4 is 15.9 Å². The van der Waals surface area contributed by atoms with E-state index in [4.69, 9.17) is 0 Å². The fourth-order valence-corrected chi connectivity index (χ4v) is 3.65. The van der Waals surface area contributed by atoms with Crippen LogP contribution >= 0.6 is 0 Å². The highest BCUT2D eigenvalue weighted by atomic mass is 32.2. The number of nitrogens with zero attached hydrogens (tertiary/aromatic N) is 1. The third-order valence-corrected chi connectivity index (χ3v) is 4.86. The zero-order valence-corrected chi connectivity index (χ0v) is 14.9. The van der Waals surface area contributed by atoms with Crippen molar-refractivity contribution < 1.29 is 17.9 Å². The minimum absolute atomic E-state index is 0.0863. The molecule has 1 heterocycles. The maximum atomic E-state index is 12.0. The van der Waals surface area contributed by atoms with Gasteiger partial charge in [-0.3, -0.25) is 4.79 Å². The van der Waals surface area contributed by atoms with E-state index in [1.165, 1.54) is 24.5 Å². The van der Waals surface area contributed by atoms with Crippen LogP contribution in [-0.2, 0) is 22.3 Å². The molecule has 0 atom stereocenters. The molecule has 0 aliphatic heterocycles. The summed E-state index contributed by atoms with van der Waals surface area (Å²) < 4.78 is 26.9. The Labute approximate surface area is 147 Å². The minimum Gasteiger partial charge on any atom is -0.619 e. The highest BCUT2D eigenvalue weighted by Gasteiger charge is 2.13. The topological polar surface area (TPSA) is 102 Å². The summed E-state index contributed by atoms with van der Waals surface area (Å²) >= 11 is 0. The molecule has 2 rings (SSSR count). The Bertz CT molecular complexity index is 816. The standard InChI is InChI=1S/C17H21N3O4S/c1-13(2)19-25(23,24)12-15-5-3-14(4-6-15)11-18-17(21)16-7-9-20(22)10-8-16/h3-10,13,19H,11-12H2,1-2H3,(H,18,21). The number of pyridine rings is 1. The fourth-order valence-electron chi connectivity index (χ4n) is 2.22. The van der Waals surface area contributed by atoms with Gasteiger partial charge in [-0.25, -0.2) is 13.1 Å². The summed E-state index contributed by atoms with van der Waals surface area (Å²) in [5.41, 5.74) is 1.92. The molecule has 2 N–H and O–H groups in total. The molecule has 0 saturated heterocycles. The van der Waals surface area contributed by atoms with Gasteiger partial charge in [-0.1, -0.05) is 24.3 Å². The average molecular weight is 363 g/mol. The van der Waals surface area contributed by atoms with Gasteiger partial charge in [-0.2, -0.15) is 4.73 Å². The Kier molecular flexibility index (Phi) is 6.11. The number of amides is 1. The van der Waals surface area contributed by atoms with Crippen LogP contribution in [0, 0.1) is 5.21 Å². The van der Waals surface area contributed by atoms with E-state index in [2.05, 4.69) is 10.0 Å². The summed E-state index contributed by atoms with van der Waals surface area (Å²) in [6.07, 6.45) is 2.52. The molecule has 2 aromatic rings. The lowest BCUT2D eigenvalue weighted by Gasteiger charge is -2.10. The number of rotatable bonds is 7. The first-order valence-corrected chi connectivity index (χ1v) is 9.45. The molecule has 0 spiro atoms. The first-order chi connectivity index (χ1) is 11.7. The normalized spacial score (nSPS) is 11.5. The highest BCUT2D eigenvalue weighted by Crippen LogP contribution is 2.08. The van der Waals surface area contributed by atoms with Crippen molar-refractivity contribution in [1.82, 2.24) is 10.0 Å². The molecule has 8 heteroatoms. The van der Waals surface area contributed by atoms with Gasteiger partial charge in [0.05, 0.1) is 11.3 Å². The van der Waals surface area contributed by atoms with Gasteiger partial charge in [0.1, 0.15) is 0 Å². The molecule has 0 aliphatic carbocycles. The van der Waals surface area contributed by atoms with Crippen LogP contribution in [0.5, 0.6) is 0 Å². The van der Waals surface area contributed by atoms with Crippen molar-refractivity contribution in [1.29, 1.82) is 0 Å². The van der Waals surface area contributed by atoms with E-state index in [1.54, 1.807) is 38.1 Å². The maximum Gasteiger partial charge on any atom is 0.252 e. The zero-order valence-electron chi connectivity index (χ0n) is 14.1. The van der Waals surface area contributed by atoms with Crippen molar-refractivity contribution in [3.8, 4) is 0 Å². The second kappa shape index (κ2) is 8.09. The van der Waals surface area contributed by atoms with E-state index < -0.39 is 10.0 Å². The highest BCUT2D eigenvalue weighted by molar-refractivity contribution is 7.88. The predicted octanol–water partition coefficient (Wildman–Crippen LogP) is 1.08. The fraction of sp³-hybridized carbons (Fsp3) is 0.294. The lowest BCUT2D eigenvalue weighted by molar-refractivity contribution is -0.605. The van der Waals surface area contributed by atoms with Crippen molar-refractivity contribution in [2.75, 3.05) is 0 Å². The van der Waals surface area contributed by atoms with Crippen molar-refractivity contribution in [2.24, 2.45) is 0 Å². The summed E-state index contributed by atoms with van der Waals surface area (Å²) in [5.74, 6) is -0.370. The number of sulfonamides is 1. The van der Waals surface area contributed by atoms with Gasteiger partial charge in [-0.15, -0.1) is 0 Å². The van der Waals surface area contributed by atoms with Crippen LogP contribution < -0.4 is 14.8 Å². The summed E-state index contributed by atoms with van der Waals surface area (Å²) in [4.78, 5) is 12.0. The van der Waals surface area contributed by atoms with Gasteiger partial charge in [0.25, 0.3) is 5.91 Å². The average Bonchev–Trinajstić information content (AvgIpc) is 2.53. The molecular weight excluding hydrogens is 342 g/mol. The van der Waals surface area contributed by atoms with Gasteiger partial charge in [-0.05, 0) is 25.0 Å². The zero-order chi connectivity index (χ0) is 18.4. The molecule has 134 valence electrons. The van der Waals surface area contributed by atoms with Crippen LogP contribution in [-0.4, -0.2) is 20.4 Å². The van der Waals surface area contributed by atoms with E-state index in [0.29, 0.717) is 22.4 Å². The third kappa shape index (κ3) is 6.17. The quantitative estimate of drug-likeness (QED) is 0.567. The molecule has 25 heavy (non-hydrogen) atoms. The summed E-state index contributed by atoms with van der Waals surface area (Å²) in [5, 5.41) is 13.7. The maximum absolute atomic E-state index is 12.0. The van der Waals surface area contributed by atoms with Crippen molar-refractivity contribution in [3.05, 3.63) is 70.7 Å². The largest absolute Gasteiger partial charge is 0.619 e. The predicted molar refractivity (Wildman–Crippen MR) is 93.9 cm³/mol. The number of hydrogen-bond acceptors (Lipinski definition) is 4. The number of aromatic nitrogens is 1. The van der Waals surface area contributed by atoms with Gasteiger partial charge < -0.3 is 10.5 Å². The molecular formula is C17H21N3O4S. The first-order valence-electron chi connectivity index (χ1n) is 7.80. The Morgan fingerprint density at radius 2 is 1.64 bits per heavy atom. The van der Waals surface area contributed by atoms with Gasteiger partial charge >= 0.3 is 0 Å². The number of carbonyl (C=O) groups is 1. The minimum atomic E-state index is -3.36. The van der Waals surface area contributed by atoms with E-state index in [9.17, 15) is 18.4 Å². The molecule has 0 radical (unpaired) electrons. The van der Waals surface area contributed by atoms with Crippen LogP contribution in [0.4, 0.5) is 0 Å². The number of benzene rings is 1. The van der Waals surface area contributed by atoms with Gasteiger partial charge in [0.15, 0.2) is 12.4 Å². The van der Waals surface area contributed by atoms with Crippen LogP contribution in [0.1, 0.15) is 35.3 Å². The van der Waals surface area contributed by atoms with E-state index in [-0.39, 0.29) is 17.7 Å². The Hall–Kier alpha value is -2.45. The molecule has 1 aromatic heterocycles. The molecule has 0 fully saturated rings. The van der Waals surface area contributed by atoms with Gasteiger partial charge in [0.2, 0.25) is 10.0 Å². The van der Waals surface area contributed by atoms with Crippen molar-refractivity contribution in [3.63, 3.8) is 0 Å². The molecule has 1 amide bonds. The summed E-state index contributed by atoms with van der Waals surface area (Å²) in [6.45, 7) is 3.85. The second-order valence-corrected chi connectivity index (χ2v) is 7.73. The van der Waals surface area contributed by atoms with Crippen molar-refractivity contribution in [2.45, 2.75) is 32.2 Å². The second-order valence-electron chi connectivity index (χ2n) is 5.98. The molecule has 0 aliphatic rings. The lowest BCUT2D eigenvalue weighted by atomic mass is 10.1. The first kappa shape index (κ1) is 18.9. The monoisotopic (exact) mass is 363 g/mol. The number of carbonyl (C=O) groups excluding carboxylic acids is 1. The number of hydrogen-bond donors (Lipinski definition) is 2. The van der Waals surface area contributed by atoms with Crippen LogP contribution in [0.25, 0.3) is 0 Å². The van der Waals surface area contributed by atoms with Crippen LogP contribution in [0.3, 0.4) is 0 Å². The Morgan fingerprint density at radius 1 is 1.08 bits per heavy atom. The molecule has 7 nitrogen and oxygen atoms in total. The SMILES string of the molecule is CC(C)NS(=O)(=O)Cc1ccc(CNC(=O)c2cc[n+]([O-])cc2)cc1. The molecule has 0 saturated carbocycles. The van der Waals surface area contributed by atoms with E-state index in [1.807, 2.05) is 0 Å². The van der Waals surface area contributed by atoms with E-state index >= 15 is 0 Å². The summed E-state index contributed by atoms with van der Waals surface area (Å²) in [6, 6.07) is 9.74. The van der Waals surface area contributed by atoms with Crippen LogP contribution in [0.2, 0.25) is 0 Å². The lowest BCUT2D eigenvalue weighted by Crippen LogP contribution is -2.31.